The van der Waals surface area contributed by atoms with Crippen LogP contribution in [0.15, 0.2) is 53.4 Å². The topological polar surface area (TPSA) is 40.6 Å². The Kier molecular flexibility index (Phi) is 5.39. The normalized spacial score (nSPS) is 15.6. The highest BCUT2D eigenvalue weighted by Gasteiger charge is 2.25. The minimum absolute atomic E-state index is 0.212. The number of piperidine rings is 1. The lowest BCUT2D eigenvalue weighted by Gasteiger charge is -2.31. The second kappa shape index (κ2) is 7.54. The number of nitrogens with zero attached hydrogens (tertiary/aromatic N) is 2. The molecule has 1 aliphatic heterocycles. The molecule has 0 saturated carbocycles. The van der Waals surface area contributed by atoms with Gasteiger partial charge in [-0.15, -0.1) is 0 Å². The highest BCUT2D eigenvalue weighted by Crippen LogP contribution is 2.27. The number of halogens is 1. The summed E-state index contributed by atoms with van der Waals surface area (Å²) < 4.78 is 40.6. The van der Waals surface area contributed by atoms with E-state index in [1.54, 1.807) is 0 Å². The van der Waals surface area contributed by atoms with Crippen molar-refractivity contribution < 1.29 is 12.8 Å². The summed E-state index contributed by atoms with van der Waals surface area (Å²) >= 11 is 0. The molecule has 0 aromatic heterocycles. The van der Waals surface area contributed by atoms with E-state index in [1.165, 1.54) is 42.0 Å². The van der Waals surface area contributed by atoms with Gasteiger partial charge in [0.1, 0.15) is 10.7 Å². The summed E-state index contributed by atoms with van der Waals surface area (Å²) in [7, 11) is -2.38. The van der Waals surface area contributed by atoms with Gasteiger partial charge < -0.3 is 4.90 Å². The molecule has 0 aliphatic carbocycles. The Bertz CT molecular complexity index is 833. The van der Waals surface area contributed by atoms with E-state index >= 15 is 0 Å². The Labute approximate surface area is 148 Å². The number of para-hydroxylation sites is 1. The van der Waals surface area contributed by atoms with Gasteiger partial charge in [-0.05, 0) is 43.0 Å². The zero-order valence-electron chi connectivity index (χ0n) is 14.4. The van der Waals surface area contributed by atoms with Crippen LogP contribution in [0.1, 0.15) is 24.8 Å². The summed E-state index contributed by atoms with van der Waals surface area (Å²) in [5, 5.41) is 0. The van der Waals surface area contributed by atoms with Gasteiger partial charge in [-0.3, -0.25) is 0 Å². The highest BCUT2D eigenvalue weighted by atomic mass is 32.2. The molecule has 0 amide bonds. The van der Waals surface area contributed by atoms with Gasteiger partial charge in [0.05, 0.1) is 0 Å². The van der Waals surface area contributed by atoms with Crippen molar-refractivity contribution in [2.24, 2.45) is 0 Å². The number of anilines is 1. The molecule has 0 radical (unpaired) electrons. The van der Waals surface area contributed by atoms with E-state index in [1.807, 2.05) is 24.3 Å². The van der Waals surface area contributed by atoms with Gasteiger partial charge >= 0.3 is 0 Å². The van der Waals surface area contributed by atoms with E-state index in [4.69, 9.17) is 0 Å². The van der Waals surface area contributed by atoms with E-state index in [9.17, 15) is 12.8 Å². The van der Waals surface area contributed by atoms with Crippen LogP contribution >= 0.6 is 0 Å². The third-order valence-corrected chi connectivity index (χ3v) is 6.44. The van der Waals surface area contributed by atoms with E-state index in [-0.39, 0.29) is 11.4 Å². The van der Waals surface area contributed by atoms with E-state index in [0.717, 1.165) is 37.2 Å². The van der Waals surface area contributed by atoms with Crippen molar-refractivity contribution in [1.82, 2.24) is 4.31 Å². The van der Waals surface area contributed by atoms with E-state index in [0.29, 0.717) is 0 Å². The Morgan fingerprint density at radius 1 is 1.00 bits per heavy atom. The molecule has 3 rings (SSSR count). The summed E-state index contributed by atoms with van der Waals surface area (Å²) in [4.78, 5) is 2.02. The van der Waals surface area contributed by atoms with Crippen molar-refractivity contribution in [3.63, 3.8) is 0 Å². The number of rotatable bonds is 5. The molecule has 0 unspecified atom stereocenters. The zero-order valence-corrected chi connectivity index (χ0v) is 15.2. The molecule has 4 nitrogen and oxygen atoms in total. The molecule has 2 aromatic carbocycles. The lowest BCUT2D eigenvalue weighted by molar-refractivity contribution is 0.459. The zero-order chi connectivity index (χ0) is 17.9. The Morgan fingerprint density at radius 2 is 1.64 bits per heavy atom. The average Bonchev–Trinajstić information content (AvgIpc) is 2.63. The van der Waals surface area contributed by atoms with E-state index < -0.39 is 15.8 Å². The standard InChI is InChI=1S/C19H23FN2O2S/c1-21(25(23,24)19-12-6-4-10-17(19)20)15-16-9-3-5-11-18(16)22-13-7-2-8-14-22/h3-6,9-12H,2,7-8,13-15H2,1H3. The van der Waals surface area contributed by atoms with Gasteiger partial charge in [-0.2, -0.15) is 4.31 Å². The first-order valence-electron chi connectivity index (χ1n) is 8.54. The molecule has 0 atom stereocenters. The van der Waals surface area contributed by atoms with Crippen LogP contribution in [0, 0.1) is 5.82 Å². The lowest BCUT2D eigenvalue weighted by Crippen LogP contribution is -2.32. The second-order valence-electron chi connectivity index (χ2n) is 6.37. The smallest absolute Gasteiger partial charge is 0.246 e. The van der Waals surface area contributed by atoms with Crippen molar-refractivity contribution in [1.29, 1.82) is 0 Å². The summed E-state index contributed by atoms with van der Waals surface area (Å²) in [6.07, 6.45) is 3.54. The van der Waals surface area contributed by atoms with Crippen LogP contribution < -0.4 is 4.90 Å². The van der Waals surface area contributed by atoms with Crippen molar-refractivity contribution in [2.75, 3.05) is 25.0 Å². The maximum Gasteiger partial charge on any atom is 0.246 e. The predicted molar refractivity (Wildman–Crippen MR) is 97.6 cm³/mol. The monoisotopic (exact) mass is 362 g/mol. The Morgan fingerprint density at radius 3 is 2.36 bits per heavy atom. The van der Waals surface area contributed by atoms with Crippen LogP contribution in [0.2, 0.25) is 0 Å². The first-order valence-corrected chi connectivity index (χ1v) is 9.98. The van der Waals surface area contributed by atoms with Gasteiger partial charge in [0, 0.05) is 32.4 Å². The maximum absolute atomic E-state index is 13.9. The fourth-order valence-corrected chi connectivity index (χ4v) is 4.44. The molecule has 0 spiro atoms. The third-order valence-electron chi connectivity index (χ3n) is 4.61. The van der Waals surface area contributed by atoms with Crippen LogP contribution in [0.4, 0.5) is 10.1 Å². The molecule has 25 heavy (non-hydrogen) atoms. The number of sulfonamides is 1. The minimum atomic E-state index is -3.88. The molecule has 134 valence electrons. The molecular formula is C19H23FN2O2S. The summed E-state index contributed by atoms with van der Waals surface area (Å²) in [6, 6.07) is 13.3. The number of hydrogen-bond donors (Lipinski definition) is 0. The summed E-state index contributed by atoms with van der Waals surface area (Å²) in [5.41, 5.74) is 2.00. The molecule has 6 heteroatoms. The van der Waals surface area contributed by atoms with Gasteiger partial charge in [-0.1, -0.05) is 30.3 Å². The number of hydrogen-bond acceptors (Lipinski definition) is 3. The molecule has 1 heterocycles. The maximum atomic E-state index is 13.9. The van der Waals surface area contributed by atoms with Gasteiger partial charge in [-0.25, -0.2) is 12.8 Å². The third kappa shape index (κ3) is 3.85. The predicted octanol–water partition coefficient (Wildman–Crippen LogP) is 3.64. The Balaban J connectivity index is 1.86. The largest absolute Gasteiger partial charge is 0.371 e. The Hall–Kier alpha value is -1.92. The van der Waals surface area contributed by atoms with Crippen LogP contribution in [-0.4, -0.2) is 32.9 Å². The number of benzene rings is 2. The second-order valence-corrected chi connectivity index (χ2v) is 8.38. The molecule has 0 N–H and O–H groups in total. The fraction of sp³-hybridized carbons (Fsp3) is 0.368. The minimum Gasteiger partial charge on any atom is -0.371 e. The first-order chi connectivity index (χ1) is 12.0. The molecule has 2 aromatic rings. The summed E-state index contributed by atoms with van der Waals surface area (Å²) in [5.74, 6) is -0.723. The van der Waals surface area contributed by atoms with Crippen LogP contribution in [-0.2, 0) is 16.6 Å². The first kappa shape index (κ1) is 17.9. The van der Waals surface area contributed by atoms with Gasteiger partial charge in [0.15, 0.2) is 0 Å². The quantitative estimate of drug-likeness (QED) is 0.815. The molecular weight excluding hydrogens is 339 g/mol. The molecule has 1 saturated heterocycles. The van der Waals surface area contributed by atoms with Crippen molar-refractivity contribution in [3.05, 3.63) is 59.9 Å². The SMILES string of the molecule is CN(Cc1ccccc1N1CCCCC1)S(=O)(=O)c1ccccc1F. The van der Waals surface area contributed by atoms with Gasteiger partial charge in [0.2, 0.25) is 10.0 Å². The van der Waals surface area contributed by atoms with Crippen molar-refractivity contribution in [2.45, 2.75) is 30.7 Å². The van der Waals surface area contributed by atoms with Gasteiger partial charge in [0.25, 0.3) is 0 Å². The van der Waals surface area contributed by atoms with Crippen LogP contribution in [0.25, 0.3) is 0 Å². The fourth-order valence-electron chi connectivity index (χ4n) is 3.23. The van der Waals surface area contributed by atoms with E-state index in [2.05, 4.69) is 4.90 Å². The average molecular weight is 362 g/mol. The van der Waals surface area contributed by atoms with Crippen LogP contribution in [0.5, 0.6) is 0 Å². The van der Waals surface area contributed by atoms with Crippen molar-refractivity contribution >= 4 is 15.7 Å². The van der Waals surface area contributed by atoms with Crippen LogP contribution in [0.3, 0.4) is 0 Å². The van der Waals surface area contributed by atoms with Crippen molar-refractivity contribution in [3.8, 4) is 0 Å². The molecule has 1 fully saturated rings. The lowest BCUT2D eigenvalue weighted by atomic mass is 10.1. The molecule has 1 aliphatic rings. The highest BCUT2D eigenvalue weighted by molar-refractivity contribution is 7.89. The summed E-state index contributed by atoms with van der Waals surface area (Å²) in [6.45, 7) is 2.19. The molecule has 0 bridgehead atoms.